The van der Waals surface area contributed by atoms with Crippen LogP contribution in [0.2, 0.25) is 10.0 Å². The minimum Gasteiger partial charge on any atom is -0.277 e. The van der Waals surface area contributed by atoms with Crippen molar-refractivity contribution < 1.29 is 0 Å². The van der Waals surface area contributed by atoms with Gasteiger partial charge in [-0.05, 0) is 48.4 Å². The second-order valence-corrected chi connectivity index (χ2v) is 5.93. The molecule has 5 heteroatoms. The Morgan fingerprint density at radius 1 is 1.09 bits per heavy atom. The fraction of sp³-hybridized carbons (Fsp3) is 0.111. The van der Waals surface area contributed by atoms with Gasteiger partial charge in [-0.3, -0.25) is 10.4 Å². The summed E-state index contributed by atoms with van der Waals surface area (Å²) in [7, 11) is 0. The van der Waals surface area contributed by atoms with E-state index in [2.05, 4.69) is 22.4 Å². The van der Waals surface area contributed by atoms with Gasteiger partial charge >= 0.3 is 0 Å². The van der Waals surface area contributed by atoms with Crippen LogP contribution < -0.4 is 5.43 Å². The predicted octanol–water partition coefficient (Wildman–Crippen LogP) is 5.77. The van der Waals surface area contributed by atoms with Crippen LogP contribution in [0.1, 0.15) is 18.9 Å². The fourth-order valence-electron chi connectivity index (χ4n) is 2.36. The Morgan fingerprint density at radius 3 is 2.70 bits per heavy atom. The van der Waals surface area contributed by atoms with Crippen molar-refractivity contribution in [3.8, 4) is 0 Å². The van der Waals surface area contributed by atoms with Crippen LogP contribution in [-0.4, -0.2) is 10.7 Å². The van der Waals surface area contributed by atoms with Gasteiger partial charge in [0.15, 0.2) is 0 Å². The maximum absolute atomic E-state index is 6.06. The summed E-state index contributed by atoms with van der Waals surface area (Å²) in [4.78, 5) is 4.33. The van der Waals surface area contributed by atoms with Crippen molar-refractivity contribution in [3.05, 3.63) is 70.3 Å². The number of hydrogen-bond donors (Lipinski definition) is 1. The zero-order valence-corrected chi connectivity index (χ0v) is 14.1. The molecule has 0 radical (unpaired) electrons. The maximum atomic E-state index is 6.06. The Morgan fingerprint density at radius 2 is 1.91 bits per heavy atom. The lowest BCUT2D eigenvalue weighted by Crippen LogP contribution is -2.03. The van der Waals surface area contributed by atoms with Crippen LogP contribution in [-0.2, 0) is 0 Å². The summed E-state index contributed by atoms with van der Waals surface area (Å²) in [5.41, 5.74) is 6.80. The molecule has 1 aromatic heterocycles. The van der Waals surface area contributed by atoms with E-state index in [1.807, 2.05) is 48.5 Å². The van der Waals surface area contributed by atoms with Crippen LogP contribution in [0.3, 0.4) is 0 Å². The Labute approximate surface area is 145 Å². The lowest BCUT2D eigenvalue weighted by atomic mass is 10.1. The van der Waals surface area contributed by atoms with E-state index in [9.17, 15) is 0 Å². The third-order valence-electron chi connectivity index (χ3n) is 3.51. The normalized spacial score (nSPS) is 11.7. The number of nitrogens with one attached hydrogen (secondary N) is 1. The molecule has 0 aliphatic rings. The molecule has 0 atom stereocenters. The van der Waals surface area contributed by atoms with Crippen molar-refractivity contribution in [2.75, 3.05) is 5.43 Å². The molecule has 3 nitrogen and oxygen atoms in total. The van der Waals surface area contributed by atoms with E-state index in [0.717, 1.165) is 34.3 Å². The van der Waals surface area contributed by atoms with E-state index in [1.54, 1.807) is 6.20 Å². The summed E-state index contributed by atoms with van der Waals surface area (Å²) in [6.45, 7) is 2.06. The molecule has 1 heterocycles. The topological polar surface area (TPSA) is 37.3 Å². The lowest BCUT2D eigenvalue weighted by molar-refractivity contribution is 1.22. The minimum absolute atomic E-state index is 0.666. The standard InChI is InChI=1S/C18H15Cl2N3/c1-2-16(12-4-3-5-13(19)10-12)22-23-17-8-9-21-18-11-14(20)6-7-15(17)18/h3-11H,2H2,1H3,(H,21,23)/b22-16+. The largest absolute Gasteiger partial charge is 0.277 e. The number of hydrazone groups is 1. The molecule has 3 rings (SSSR count). The van der Waals surface area contributed by atoms with Crippen molar-refractivity contribution in [1.29, 1.82) is 0 Å². The Balaban J connectivity index is 1.95. The Bertz CT molecular complexity index is 875. The van der Waals surface area contributed by atoms with Gasteiger partial charge in [0, 0.05) is 21.6 Å². The molecule has 0 amide bonds. The average Bonchev–Trinajstić information content (AvgIpc) is 2.55. The summed E-state index contributed by atoms with van der Waals surface area (Å²) < 4.78 is 0. The highest BCUT2D eigenvalue weighted by molar-refractivity contribution is 6.31. The first kappa shape index (κ1) is 15.8. The molecule has 0 aliphatic carbocycles. The van der Waals surface area contributed by atoms with Crippen LogP contribution in [0.15, 0.2) is 59.8 Å². The summed E-state index contributed by atoms with van der Waals surface area (Å²) >= 11 is 12.1. The first-order chi connectivity index (χ1) is 11.2. The number of aromatic nitrogens is 1. The molecule has 3 aromatic rings. The highest BCUT2D eigenvalue weighted by atomic mass is 35.5. The van der Waals surface area contributed by atoms with E-state index in [4.69, 9.17) is 23.2 Å². The molecule has 0 fully saturated rings. The second kappa shape index (κ2) is 6.99. The van der Waals surface area contributed by atoms with Crippen molar-refractivity contribution in [1.82, 2.24) is 4.98 Å². The molecule has 0 bridgehead atoms. The molecule has 0 spiro atoms. The number of anilines is 1. The molecular weight excluding hydrogens is 329 g/mol. The van der Waals surface area contributed by atoms with E-state index < -0.39 is 0 Å². The monoisotopic (exact) mass is 343 g/mol. The fourth-order valence-corrected chi connectivity index (χ4v) is 2.72. The van der Waals surface area contributed by atoms with Gasteiger partial charge in [0.05, 0.1) is 16.9 Å². The van der Waals surface area contributed by atoms with Crippen molar-refractivity contribution in [2.45, 2.75) is 13.3 Å². The van der Waals surface area contributed by atoms with Gasteiger partial charge in [0.1, 0.15) is 0 Å². The van der Waals surface area contributed by atoms with Gasteiger partial charge in [-0.15, -0.1) is 0 Å². The van der Waals surface area contributed by atoms with Crippen LogP contribution in [0.25, 0.3) is 10.9 Å². The number of pyridine rings is 1. The van der Waals surface area contributed by atoms with Gasteiger partial charge < -0.3 is 0 Å². The minimum atomic E-state index is 0.666. The number of fused-ring (bicyclic) bond motifs is 1. The van der Waals surface area contributed by atoms with E-state index >= 15 is 0 Å². The molecule has 0 saturated carbocycles. The predicted molar refractivity (Wildman–Crippen MR) is 98.7 cm³/mol. The van der Waals surface area contributed by atoms with Crippen LogP contribution >= 0.6 is 23.2 Å². The summed E-state index contributed by atoms with van der Waals surface area (Å²) in [5.74, 6) is 0. The summed E-state index contributed by atoms with van der Waals surface area (Å²) in [6, 6.07) is 15.2. The van der Waals surface area contributed by atoms with Crippen LogP contribution in [0.5, 0.6) is 0 Å². The maximum Gasteiger partial charge on any atom is 0.0738 e. The number of nitrogens with zero attached hydrogens (tertiary/aromatic N) is 2. The second-order valence-electron chi connectivity index (χ2n) is 5.05. The van der Waals surface area contributed by atoms with E-state index in [-0.39, 0.29) is 0 Å². The highest BCUT2D eigenvalue weighted by Crippen LogP contribution is 2.24. The van der Waals surface area contributed by atoms with Gasteiger partial charge in [-0.2, -0.15) is 5.10 Å². The molecule has 0 unspecified atom stereocenters. The number of rotatable bonds is 4. The zero-order chi connectivity index (χ0) is 16.2. The number of halogens is 2. The summed E-state index contributed by atoms with van der Waals surface area (Å²) in [6.07, 6.45) is 2.53. The average molecular weight is 344 g/mol. The highest BCUT2D eigenvalue weighted by Gasteiger charge is 2.05. The number of benzene rings is 2. The molecule has 116 valence electrons. The molecule has 1 N–H and O–H groups in total. The van der Waals surface area contributed by atoms with Crippen molar-refractivity contribution >= 4 is 45.5 Å². The summed E-state index contributed by atoms with van der Waals surface area (Å²) in [5, 5.41) is 6.88. The van der Waals surface area contributed by atoms with Crippen LogP contribution in [0, 0.1) is 0 Å². The smallest absolute Gasteiger partial charge is 0.0738 e. The SMILES string of the molecule is CC/C(=N\Nc1ccnc2cc(Cl)ccc12)c1cccc(Cl)c1. The third kappa shape index (κ3) is 3.63. The van der Waals surface area contributed by atoms with Crippen molar-refractivity contribution in [2.24, 2.45) is 5.10 Å². The van der Waals surface area contributed by atoms with Gasteiger partial charge in [-0.25, -0.2) is 0 Å². The molecular formula is C18H15Cl2N3. The van der Waals surface area contributed by atoms with E-state index in [0.29, 0.717) is 10.0 Å². The third-order valence-corrected chi connectivity index (χ3v) is 3.98. The van der Waals surface area contributed by atoms with Gasteiger partial charge in [-0.1, -0.05) is 42.3 Å². The number of hydrogen-bond acceptors (Lipinski definition) is 3. The first-order valence-corrected chi connectivity index (χ1v) is 8.05. The van der Waals surface area contributed by atoms with Gasteiger partial charge in [0.25, 0.3) is 0 Å². The lowest BCUT2D eigenvalue weighted by Gasteiger charge is -2.08. The Kier molecular flexibility index (Phi) is 4.79. The van der Waals surface area contributed by atoms with Gasteiger partial charge in [0.2, 0.25) is 0 Å². The van der Waals surface area contributed by atoms with Crippen molar-refractivity contribution in [3.63, 3.8) is 0 Å². The molecule has 0 aliphatic heterocycles. The Hall–Kier alpha value is -2.10. The molecule has 0 saturated heterocycles. The molecule has 23 heavy (non-hydrogen) atoms. The van der Waals surface area contributed by atoms with E-state index in [1.165, 1.54) is 0 Å². The molecule has 2 aromatic carbocycles. The first-order valence-electron chi connectivity index (χ1n) is 7.30. The van der Waals surface area contributed by atoms with Crippen LogP contribution in [0.4, 0.5) is 5.69 Å². The quantitative estimate of drug-likeness (QED) is 0.482. The zero-order valence-electron chi connectivity index (χ0n) is 12.6.